The molecule has 0 spiro atoms. The van der Waals surface area contributed by atoms with Crippen molar-refractivity contribution in [3.8, 4) is 5.75 Å². The van der Waals surface area contributed by atoms with E-state index in [0.717, 1.165) is 34.5 Å². The molecule has 2 heterocycles. The zero-order chi connectivity index (χ0) is 19.6. The van der Waals surface area contributed by atoms with Gasteiger partial charge in [-0.25, -0.2) is 4.98 Å². The maximum Gasteiger partial charge on any atom is 0.270 e. The Balaban J connectivity index is 0.00000280. The first-order valence-electron chi connectivity index (χ1n) is 8.56. The van der Waals surface area contributed by atoms with Crippen molar-refractivity contribution in [3.05, 3.63) is 39.0 Å². The summed E-state index contributed by atoms with van der Waals surface area (Å²) in [5.41, 5.74) is 1.92. The number of amides is 1. The Morgan fingerprint density at radius 2 is 1.93 bits per heavy atom. The summed E-state index contributed by atoms with van der Waals surface area (Å²) in [7, 11) is 5.69. The van der Waals surface area contributed by atoms with Gasteiger partial charge in [-0.1, -0.05) is 29.0 Å². The zero-order valence-electron chi connectivity index (χ0n) is 16.2. The van der Waals surface area contributed by atoms with E-state index in [4.69, 9.17) is 21.3 Å². The third-order valence-corrected chi connectivity index (χ3v) is 6.59. The lowest BCUT2D eigenvalue weighted by Gasteiger charge is -2.20. The average Bonchev–Trinajstić information content (AvgIpc) is 3.25. The van der Waals surface area contributed by atoms with Crippen LogP contribution in [-0.2, 0) is 0 Å². The second kappa shape index (κ2) is 9.89. The lowest BCUT2D eigenvalue weighted by molar-refractivity contribution is 0.0990. The van der Waals surface area contributed by atoms with Gasteiger partial charge in [0.15, 0.2) is 5.13 Å². The fourth-order valence-corrected chi connectivity index (χ4v) is 4.84. The van der Waals surface area contributed by atoms with E-state index >= 15 is 0 Å². The Morgan fingerprint density at radius 3 is 2.54 bits per heavy atom. The van der Waals surface area contributed by atoms with Crippen LogP contribution in [0.15, 0.2) is 24.3 Å². The molecule has 0 unspecified atom stereocenters. The highest BCUT2D eigenvalue weighted by atomic mass is 35.5. The standard InChI is InChI=1S/C19H22ClN3O2S2.ClH/c1-12-6-7-13(25-4)16-17(12)27-19(21-16)23(11-5-10-22(2)3)18(24)14-8-9-15(20)26-14;/h6-9H,5,10-11H2,1-4H3;1H. The van der Waals surface area contributed by atoms with Crippen molar-refractivity contribution >= 4 is 67.9 Å². The quantitative estimate of drug-likeness (QED) is 0.477. The molecule has 0 bridgehead atoms. The highest BCUT2D eigenvalue weighted by molar-refractivity contribution is 7.22. The van der Waals surface area contributed by atoms with Crippen molar-refractivity contribution in [1.29, 1.82) is 0 Å². The van der Waals surface area contributed by atoms with Crippen LogP contribution in [0.3, 0.4) is 0 Å². The number of thiophene rings is 1. The van der Waals surface area contributed by atoms with Gasteiger partial charge in [0.05, 0.1) is 21.0 Å². The van der Waals surface area contributed by atoms with Gasteiger partial charge in [0, 0.05) is 6.54 Å². The van der Waals surface area contributed by atoms with Crippen LogP contribution < -0.4 is 9.64 Å². The number of aromatic nitrogens is 1. The van der Waals surface area contributed by atoms with Crippen LogP contribution in [-0.4, -0.2) is 50.1 Å². The van der Waals surface area contributed by atoms with E-state index in [0.29, 0.717) is 20.9 Å². The predicted molar refractivity (Wildman–Crippen MR) is 122 cm³/mol. The summed E-state index contributed by atoms with van der Waals surface area (Å²) in [5.74, 6) is 0.652. The van der Waals surface area contributed by atoms with Crippen LogP contribution in [0.25, 0.3) is 10.2 Å². The van der Waals surface area contributed by atoms with Crippen molar-refractivity contribution in [3.63, 3.8) is 0 Å². The van der Waals surface area contributed by atoms with Gasteiger partial charge in [0.25, 0.3) is 5.91 Å². The van der Waals surface area contributed by atoms with Gasteiger partial charge < -0.3 is 9.64 Å². The Hall–Kier alpha value is -1.38. The number of hydrogen-bond donors (Lipinski definition) is 0. The SMILES string of the molecule is COc1ccc(C)c2sc(N(CCCN(C)C)C(=O)c3ccc(Cl)s3)nc12.Cl. The van der Waals surface area contributed by atoms with Crippen molar-refractivity contribution in [2.24, 2.45) is 0 Å². The van der Waals surface area contributed by atoms with Gasteiger partial charge in [-0.3, -0.25) is 9.69 Å². The number of carbonyl (C=O) groups excluding carboxylic acids is 1. The summed E-state index contributed by atoms with van der Waals surface area (Å²) in [6.45, 7) is 3.52. The number of benzene rings is 1. The summed E-state index contributed by atoms with van der Waals surface area (Å²) in [4.78, 5) is 22.4. The number of hydrogen-bond acceptors (Lipinski definition) is 6. The van der Waals surface area contributed by atoms with E-state index in [-0.39, 0.29) is 18.3 Å². The van der Waals surface area contributed by atoms with Gasteiger partial charge in [0.1, 0.15) is 11.3 Å². The molecule has 3 rings (SSSR count). The largest absolute Gasteiger partial charge is 0.494 e. The number of anilines is 1. The number of aryl methyl sites for hydroxylation is 1. The van der Waals surface area contributed by atoms with Crippen LogP contribution in [0.4, 0.5) is 5.13 Å². The highest BCUT2D eigenvalue weighted by Gasteiger charge is 2.23. The van der Waals surface area contributed by atoms with Crippen molar-refractivity contribution in [1.82, 2.24) is 9.88 Å². The molecular formula is C19H23Cl2N3O2S2. The number of ether oxygens (including phenoxy) is 1. The molecule has 28 heavy (non-hydrogen) atoms. The van der Waals surface area contributed by atoms with E-state index < -0.39 is 0 Å². The molecule has 0 aliphatic heterocycles. The highest BCUT2D eigenvalue weighted by Crippen LogP contribution is 2.37. The summed E-state index contributed by atoms with van der Waals surface area (Å²) >= 11 is 8.85. The number of methoxy groups -OCH3 is 1. The third-order valence-electron chi connectivity index (χ3n) is 4.16. The summed E-state index contributed by atoms with van der Waals surface area (Å²) in [6.07, 6.45) is 0.851. The van der Waals surface area contributed by atoms with E-state index in [1.165, 1.54) is 22.7 Å². The molecule has 9 heteroatoms. The van der Waals surface area contributed by atoms with E-state index in [1.807, 2.05) is 33.2 Å². The molecule has 0 aliphatic carbocycles. The second-order valence-corrected chi connectivity index (χ2v) is 9.17. The fraction of sp³-hybridized carbons (Fsp3) is 0.368. The molecular weight excluding hydrogens is 437 g/mol. The van der Waals surface area contributed by atoms with Crippen molar-refractivity contribution in [2.75, 3.05) is 39.2 Å². The molecule has 0 fully saturated rings. The second-order valence-electron chi connectivity index (χ2n) is 6.48. The van der Waals surface area contributed by atoms with Crippen molar-refractivity contribution in [2.45, 2.75) is 13.3 Å². The first kappa shape index (κ1) is 22.9. The summed E-state index contributed by atoms with van der Waals surface area (Å²) < 4.78 is 7.10. The van der Waals surface area contributed by atoms with Crippen LogP contribution in [0.2, 0.25) is 4.34 Å². The molecule has 152 valence electrons. The van der Waals surface area contributed by atoms with E-state index in [2.05, 4.69) is 4.90 Å². The maximum absolute atomic E-state index is 13.2. The number of nitrogens with zero attached hydrogens (tertiary/aromatic N) is 3. The van der Waals surface area contributed by atoms with Crippen LogP contribution >= 0.6 is 46.7 Å². The van der Waals surface area contributed by atoms with E-state index in [9.17, 15) is 4.79 Å². The number of fused-ring (bicyclic) bond motifs is 1. The zero-order valence-corrected chi connectivity index (χ0v) is 19.4. The first-order chi connectivity index (χ1) is 12.9. The fourth-order valence-electron chi connectivity index (χ4n) is 2.77. The van der Waals surface area contributed by atoms with Gasteiger partial charge >= 0.3 is 0 Å². The molecule has 0 N–H and O–H groups in total. The molecule has 1 amide bonds. The lowest BCUT2D eigenvalue weighted by Crippen LogP contribution is -2.32. The number of rotatable bonds is 7. The molecule has 2 aromatic heterocycles. The molecule has 1 aromatic carbocycles. The molecule has 0 atom stereocenters. The maximum atomic E-state index is 13.2. The average molecular weight is 460 g/mol. The Bertz CT molecular complexity index is 956. The molecule has 0 saturated carbocycles. The smallest absolute Gasteiger partial charge is 0.270 e. The lowest BCUT2D eigenvalue weighted by atomic mass is 10.2. The number of thiazole rings is 1. The number of carbonyl (C=O) groups is 1. The number of halogens is 2. The Labute approximate surface area is 184 Å². The van der Waals surface area contributed by atoms with Gasteiger partial charge in [0.2, 0.25) is 0 Å². The van der Waals surface area contributed by atoms with Crippen LogP contribution in [0.5, 0.6) is 5.75 Å². The molecule has 0 radical (unpaired) electrons. The third kappa shape index (κ3) is 4.96. The van der Waals surface area contributed by atoms with Crippen molar-refractivity contribution < 1.29 is 9.53 Å². The topological polar surface area (TPSA) is 45.7 Å². The molecule has 5 nitrogen and oxygen atoms in total. The summed E-state index contributed by atoms with van der Waals surface area (Å²) in [5, 5.41) is 0.686. The Morgan fingerprint density at radius 1 is 1.18 bits per heavy atom. The van der Waals surface area contributed by atoms with Gasteiger partial charge in [-0.2, -0.15) is 0 Å². The minimum absolute atomic E-state index is 0. The minimum atomic E-state index is -0.0682. The van der Waals surface area contributed by atoms with Gasteiger partial charge in [-0.15, -0.1) is 23.7 Å². The predicted octanol–water partition coefficient (Wildman–Crippen LogP) is 5.35. The molecule has 0 aliphatic rings. The minimum Gasteiger partial charge on any atom is -0.494 e. The first-order valence-corrected chi connectivity index (χ1v) is 10.6. The Kier molecular flexibility index (Phi) is 8.09. The van der Waals surface area contributed by atoms with Crippen LogP contribution in [0.1, 0.15) is 21.7 Å². The normalized spacial score (nSPS) is 10.9. The van der Waals surface area contributed by atoms with Crippen LogP contribution in [0, 0.1) is 6.92 Å². The monoisotopic (exact) mass is 459 g/mol. The molecule has 0 saturated heterocycles. The van der Waals surface area contributed by atoms with Gasteiger partial charge in [-0.05, 0) is 57.7 Å². The molecule has 3 aromatic rings. The van der Waals surface area contributed by atoms with E-state index in [1.54, 1.807) is 24.1 Å². The summed E-state index contributed by atoms with van der Waals surface area (Å²) in [6, 6.07) is 7.45.